The van der Waals surface area contributed by atoms with Gasteiger partial charge in [-0.05, 0) is 25.1 Å². The summed E-state index contributed by atoms with van der Waals surface area (Å²) in [5.41, 5.74) is 7.46. The zero-order valence-corrected chi connectivity index (χ0v) is 10.1. The zero-order chi connectivity index (χ0) is 12.3. The number of anilines is 1. The number of hydrogen-bond donors (Lipinski definition) is 1. The number of pyridine rings is 2. The van der Waals surface area contributed by atoms with E-state index in [-0.39, 0.29) is 0 Å². The van der Waals surface area contributed by atoms with Gasteiger partial charge in [-0.2, -0.15) is 0 Å². The van der Waals surface area contributed by atoms with Gasteiger partial charge in [-0.25, -0.2) is 4.98 Å². The van der Waals surface area contributed by atoms with Gasteiger partial charge >= 0.3 is 0 Å². The second-order valence-corrected chi connectivity index (χ2v) is 4.00. The van der Waals surface area contributed by atoms with Gasteiger partial charge in [0.15, 0.2) is 11.6 Å². The molecule has 5 heteroatoms. The summed E-state index contributed by atoms with van der Waals surface area (Å²) in [5, 5.41) is 0.575. The molecule has 0 aliphatic heterocycles. The lowest BCUT2D eigenvalue weighted by Crippen LogP contribution is -2.01. The van der Waals surface area contributed by atoms with E-state index in [4.69, 9.17) is 22.1 Å². The Bertz CT molecular complexity index is 531. The maximum Gasteiger partial charge on any atom is 0.166 e. The molecule has 88 valence electrons. The summed E-state index contributed by atoms with van der Waals surface area (Å²) < 4.78 is 5.56. The van der Waals surface area contributed by atoms with Crippen molar-refractivity contribution in [2.75, 3.05) is 5.73 Å². The quantitative estimate of drug-likeness (QED) is 0.908. The van der Waals surface area contributed by atoms with Crippen molar-refractivity contribution in [3.05, 3.63) is 46.9 Å². The Labute approximate surface area is 104 Å². The molecule has 0 unspecified atom stereocenters. The molecular formula is C12H12ClN3O. The zero-order valence-electron chi connectivity index (χ0n) is 9.35. The van der Waals surface area contributed by atoms with Crippen molar-refractivity contribution in [3.63, 3.8) is 0 Å². The summed E-state index contributed by atoms with van der Waals surface area (Å²) in [6, 6.07) is 5.45. The number of nitrogen functional groups attached to an aromatic ring is 1. The van der Waals surface area contributed by atoms with E-state index >= 15 is 0 Å². The van der Waals surface area contributed by atoms with E-state index in [1.54, 1.807) is 24.5 Å². The Morgan fingerprint density at radius 1 is 1.35 bits per heavy atom. The molecule has 17 heavy (non-hydrogen) atoms. The Morgan fingerprint density at radius 2 is 2.18 bits per heavy atom. The van der Waals surface area contributed by atoms with Crippen molar-refractivity contribution in [2.45, 2.75) is 13.5 Å². The van der Waals surface area contributed by atoms with Crippen LogP contribution in [0.5, 0.6) is 5.75 Å². The highest BCUT2D eigenvalue weighted by Crippen LogP contribution is 2.22. The smallest absolute Gasteiger partial charge is 0.166 e. The van der Waals surface area contributed by atoms with Crippen LogP contribution in [0, 0.1) is 6.92 Å². The second-order valence-electron chi connectivity index (χ2n) is 3.59. The molecule has 0 saturated heterocycles. The fourth-order valence-corrected chi connectivity index (χ4v) is 1.54. The molecule has 2 rings (SSSR count). The van der Waals surface area contributed by atoms with E-state index in [9.17, 15) is 0 Å². The van der Waals surface area contributed by atoms with Crippen LogP contribution < -0.4 is 10.5 Å². The fraction of sp³-hybridized carbons (Fsp3) is 0.167. The standard InChI is InChI=1S/C12H12ClN3O/c1-8-2-3-11(12(14)16-8)17-7-9-4-5-15-6-10(9)13/h2-6H,7H2,1H3,(H2,14,16). The van der Waals surface area contributed by atoms with Crippen LogP contribution in [-0.4, -0.2) is 9.97 Å². The molecule has 2 aromatic rings. The first-order valence-corrected chi connectivity index (χ1v) is 5.49. The molecule has 0 saturated carbocycles. The lowest BCUT2D eigenvalue weighted by atomic mass is 10.3. The average Bonchev–Trinajstić information content (AvgIpc) is 2.30. The van der Waals surface area contributed by atoms with Crippen molar-refractivity contribution < 1.29 is 4.74 Å². The first-order valence-electron chi connectivity index (χ1n) is 5.11. The van der Waals surface area contributed by atoms with Gasteiger partial charge in [0.25, 0.3) is 0 Å². The van der Waals surface area contributed by atoms with Gasteiger partial charge in [0.05, 0.1) is 5.02 Å². The number of aryl methyl sites for hydroxylation is 1. The minimum Gasteiger partial charge on any atom is -0.485 e. The lowest BCUT2D eigenvalue weighted by Gasteiger charge is -2.09. The van der Waals surface area contributed by atoms with Crippen LogP contribution in [0.2, 0.25) is 5.02 Å². The number of nitrogens with zero attached hydrogens (tertiary/aromatic N) is 2. The van der Waals surface area contributed by atoms with Crippen molar-refractivity contribution in [3.8, 4) is 5.75 Å². The van der Waals surface area contributed by atoms with E-state index in [0.717, 1.165) is 11.3 Å². The predicted molar refractivity (Wildman–Crippen MR) is 67.0 cm³/mol. The SMILES string of the molecule is Cc1ccc(OCc2ccncc2Cl)c(N)n1. The van der Waals surface area contributed by atoms with Gasteiger partial charge in [-0.1, -0.05) is 11.6 Å². The minimum absolute atomic E-state index is 0.344. The van der Waals surface area contributed by atoms with Crippen molar-refractivity contribution in [2.24, 2.45) is 0 Å². The molecule has 0 radical (unpaired) electrons. The second kappa shape index (κ2) is 5.01. The first-order chi connectivity index (χ1) is 8.16. The third-order valence-electron chi connectivity index (χ3n) is 2.26. The van der Waals surface area contributed by atoms with E-state index in [2.05, 4.69) is 9.97 Å². The Hall–Kier alpha value is -1.81. The first kappa shape index (κ1) is 11.7. The van der Waals surface area contributed by atoms with Crippen LogP contribution in [-0.2, 0) is 6.61 Å². The number of nitrogens with two attached hydrogens (primary N) is 1. The predicted octanol–water partition coefficient (Wildman–Crippen LogP) is 2.60. The van der Waals surface area contributed by atoms with Gasteiger partial charge in [-0.3, -0.25) is 4.98 Å². The number of rotatable bonds is 3. The van der Waals surface area contributed by atoms with E-state index in [1.165, 1.54) is 0 Å². The van der Waals surface area contributed by atoms with Crippen LogP contribution >= 0.6 is 11.6 Å². The molecule has 0 bridgehead atoms. The van der Waals surface area contributed by atoms with Crippen LogP contribution in [0.3, 0.4) is 0 Å². The minimum atomic E-state index is 0.344. The molecule has 0 aliphatic rings. The topological polar surface area (TPSA) is 61.0 Å². The van der Waals surface area contributed by atoms with Crippen LogP contribution in [0.1, 0.15) is 11.3 Å². The molecule has 0 spiro atoms. The van der Waals surface area contributed by atoms with Crippen molar-refractivity contribution in [1.82, 2.24) is 9.97 Å². The third-order valence-corrected chi connectivity index (χ3v) is 2.61. The summed E-state index contributed by atoms with van der Waals surface area (Å²) in [7, 11) is 0. The van der Waals surface area contributed by atoms with Crippen molar-refractivity contribution in [1.29, 1.82) is 0 Å². The van der Waals surface area contributed by atoms with Gasteiger partial charge < -0.3 is 10.5 Å². The number of ether oxygens (including phenoxy) is 1. The maximum atomic E-state index is 5.97. The molecule has 2 aromatic heterocycles. The summed E-state index contributed by atoms with van der Waals surface area (Å²) >= 11 is 5.97. The van der Waals surface area contributed by atoms with Crippen LogP contribution in [0.25, 0.3) is 0 Å². The fourth-order valence-electron chi connectivity index (χ4n) is 1.36. The molecule has 4 nitrogen and oxygen atoms in total. The summed E-state index contributed by atoms with van der Waals surface area (Å²) in [6.45, 7) is 2.22. The normalized spacial score (nSPS) is 10.2. The Morgan fingerprint density at radius 3 is 2.88 bits per heavy atom. The Balaban J connectivity index is 2.10. The Kier molecular flexibility index (Phi) is 3.44. The van der Waals surface area contributed by atoms with Crippen LogP contribution in [0.15, 0.2) is 30.6 Å². The number of hydrogen-bond acceptors (Lipinski definition) is 4. The maximum absolute atomic E-state index is 5.97. The van der Waals surface area contributed by atoms with Crippen LogP contribution in [0.4, 0.5) is 5.82 Å². The van der Waals surface area contributed by atoms with Gasteiger partial charge in [0.2, 0.25) is 0 Å². The van der Waals surface area contributed by atoms with Gasteiger partial charge in [-0.15, -0.1) is 0 Å². The van der Waals surface area contributed by atoms with E-state index in [1.807, 2.05) is 13.0 Å². The largest absolute Gasteiger partial charge is 0.485 e. The molecule has 0 atom stereocenters. The molecule has 0 fully saturated rings. The highest BCUT2D eigenvalue weighted by atomic mass is 35.5. The van der Waals surface area contributed by atoms with Gasteiger partial charge in [0.1, 0.15) is 6.61 Å². The van der Waals surface area contributed by atoms with E-state index < -0.39 is 0 Å². The number of aromatic nitrogens is 2. The molecule has 2 heterocycles. The molecule has 0 amide bonds. The molecule has 2 N–H and O–H groups in total. The molecular weight excluding hydrogens is 238 g/mol. The summed E-state index contributed by atoms with van der Waals surface area (Å²) in [6.07, 6.45) is 3.25. The third kappa shape index (κ3) is 2.85. The number of halogens is 1. The monoisotopic (exact) mass is 249 g/mol. The summed E-state index contributed by atoms with van der Waals surface area (Å²) in [5.74, 6) is 0.943. The van der Waals surface area contributed by atoms with E-state index in [0.29, 0.717) is 23.2 Å². The molecule has 0 aromatic carbocycles. The lowest BCUT2D eigenvalue weighted by molar-refractivity contribution is 0.307. The van der Waals surface area contributed by atoms with Crippen molar-refractivity contribution >= 4 is 17.4 Å². The molecule has 0 aliphatic carbocycles. The average molecular weight is 250 g/mol. The highest BCUT2D eigenvalue weighted by Gasteiger charge is 2.04. The summed E-state index contributed by atoms with van der Waals surface area (Å²) in [4.78, 5) is 8.02. The van der Waals surface area contributed by atoms with Gasteiger partial charge in [0, 0.05) is 23.7 Å². The highest BCUT2D eigenvalue weighted by molar-refractivity contribution is 6.31.